The van der Waals surface area contributed by atoms with E-state index in [4.69, 9.17) is 21.1 Å². The highest BCUT2D eigenvalue weighted by Crippen LogP contribution is 2.53. The van der Waals surface area contributed by atoms with Crippen LogP contribution in [-0.2, 0) is 14.0 Å². The van der Waals surface area contributed by atoms with Crippen molar-refractivity contribution in [3.8, 4) is 0 Å². The van der Waals surface area contributed by atoms with E-state index in [1.165, 1.54) is 17.8 Å². The Kier molecular flexibility index (Phi) is 7.49. The summed E-state index contributed by atoms with van der Waals surface area (Å²) in [5.74, 6) is 0.512. The number of aliphatic hydroxyl groups is 3. The van der Waals surface area contributed by atoms with Gasteiger partial charge in [-0.2, -0.15) is 15.1 Å². The van der Waals surface area contributed by atoms with Gasteiger partial charge >= 0.3 is 7.60 Å². The molecule has 5 atom stereocenters. The van der Waals surface area contributed by atoms with Crippen LogP contribution in [0.4, 0.5) is 5.82 Å². The number of nitrogens with zero attached hydrogens (tertiary/aromatic N) is 4. The number of fused-ring (bicyclic) bond motifs is 1. The van der Waals surface area contributed by atoms with Crippen molar-refractivity contribution in [3.05, 3.63) is 11.5 Å². The Bertz CT molecular complexity index is 1060. The average Bonchev–Trinajstić information content (AvgIpc) is 3.50. The third kappa shape index (κ3) is 4.69. The summed E-state index contributed by atoms with van der Waals surface area (Å²) >= 11 is 6.14. The molecule has 0 amide bonds. The number of anilines is 1. The van der Waals surface area contributed by atoms with Crippen molar-refractivity contribution in [3.63, 3.8) is 0 Å². The van der Waals surface area contributed by atoms with Crippen LogP contribution in [-0.4, -0.2) is 87.8 Å². The Balaban J connectivity index is 1.56. The Labute approximate surface area is 200 Å². The number of hydrogen-bond acceptors (Lipinski definition) is 10. The van der Waals surface area contributed by atoms with E-state index in [2.05, 4.69) is 20.4 Å². The van der Waals surface area contributed by atoms with Crippen molar-refractivity contribution < 1.29 is 39.1 Å². The largest absolute Gasteiger partial charge is 0.393 e. The maximum Gasteiger partial charge on any atom is 0.359 e. The third-order valence-electron chi connectivity index (χ3n) is 6.55. The fourth-order valence-electron chi connectivity index (χ4n) is 4.41. The van der Waals surface area contributed by atoms with Crippen LogP contribution in [0.1, 0.15) is 45.3 Å². The molecule has 0 spiro atoms. The normalized spacial score (nSPS) is 28.0. The molecular weight excluding hydrogens is 493 g/mol. The van der Waals surface area contributed by atoms with Crippen LogP contribution in [0.3, 0.4) is 0 Å². The predicted octanol–water partition coefficient (Wildman–Crippen LogP) is 0.746. The van der Waals surface area contributed by atoms with Crippen LogP contribution in [0.15, 0.2) is 6.20 Å². The molecule has 0 bridgehead atoms. The van der Waals surface area contributed by atoms with Crippen LogP contribution < -0.4 is 5.32 Å². The van der Waals surface area contributed by atoms with Gasteiger partial charge in [0.15, 0.2) is 17.2 Å². The summed E-state index contributed by atoms with van der Waals surface area (Å²) in [6, 6.07) is 0.258. The van der Waals surface area contributed by atoms with Crippen molar-refractivity contribution in [2.45, 2.75) is 75.0 Å². The van der Waals surface area contributed by atoms with Gasteiger partial charge in [0.25, 0.3) is 0 Å². The lowest BCUT2D eigenvalue weighted by Gasteiger charge is -2.32. The molecule has 0 aromatic carbocycles. The highest BCUT2D eigenvalue weighted by molar-refractivity contribution is 7.53. The number of aliphatic hydroxyl groups excluding tert-OH is 3. The van der Waals surface area contributed by atoms with Crippen LogP contribution in [0.2, 0.25) is 5.28 Å². The van der Waals surface area contributed by atoms with Gasteiger partial charge in [-0.1, -0.05) is 19.8 Å². The zero-order valence-corrected chi connectivity index (χ0v) is 20.1. The van der Waals surface area contributed by atoms with E-state index in [1.807, 2.05) is 0 Å². The van der Waals surface area contributed by atoms with Crippen LogP contribution in [0, 0.1) is 0 Å². The first-order valence-electron chi connectivity index (χ1n) is 11.1. The first-order chi connectivity index (χ1) is 16.1. The zero-order valence-electron chi connectivity index (χ0n) is 18.5. The molecule has 2 aromatic heterocycles. The summed E-state index contributed by atoms with van der Waals surface area (Å²) in [6.07, 6.45) is 0.368. The molecule has 15 heteroatoms. The lowest BCUT2D eigenvalue weighted by atomic mass is 10.1. The van der Waals surface area contributed by atoms with Crippen LogP contribution in [0.5, 0.6) is 0 Å². The molecule has 34 heavy (non-hydrogen) atoms. The highest BCUT2D eigenvalue weighted by Gasteiger charge is 2.50. The highest BCUT2D eigenvalue weighted by atomic mass is 35.5. The summed E-state index contributed by atoms with van der Waals surface area (Å²) in [7, 11) is -4.85. The van der Waals surface area contributed by atoms with Crippen molar-refractivity contribution in [2.75, 3.05) is 18.5 Å². The first kappa shape index (κ1) is 25.7. The monoisotopic (exact) mass is 521 g/mol. The minimum atomic E-state index is -4.85. The van der Waals surface area contributed by atoms with Crippen molar-refractivity contribution in [1.29, 1.82) is 0 Å². The lowest BCUT2D eigenvalue weighted by Crippen LogP contribution is -2.41. The summed E-state index contributed by atoms with van der Waals surface area (Å²) in [4.78, 5) is 27.7. The van der Waals surface area contributed by atoms with Crippen molar-refractivity contribution >= 4 is 36.0 Å². The van der Waals surface area contributed by atoms with Crippen molar-refractivity contribution in [1.82, 2.24) is 19.7 Å². The lowest BCUT2D eigenvalue weighted by molar-refractivity contribution is -0.110. The van der Waals surface area contributed by atoms with Gasteiger partial charge in [-0.15, -0.1) is 0 Å². The second kappa shape index (κ2) is 9.92. The Hall–Kier alpha value is -1.41. The molecule has 1 aliphatic carbocycles. The van der Waals surface area contributed by atoms with E-state index in [1.54, 1.807) is 0 Å². The number of aromatic nitrogens is 4. The van der Waals surface area contributed by atoms with Crippen LogP contribution >= 0.6 is 19.2 Å². The average molecular weight is 522 g/mol. The molecule has 2 aromatic rings. The molecule has 4 rings (SSSR count). The second-order valence-electron chi connectivity index (χ2n) is 8.65. The maximum atomic E-state index is 11.9. The fourth-order valence-corrected chi connectivity index (χ4v) is 5.41. The number of ether oxygens (including phenoxy) is 2. The van der Waals surface area contributed by atoms with Gasteiger partial charge in [0.2, 0.25) is 5.28 Å². The Morgan fingerprint density at radius 3 is 2.62 bits per heavy atom. The van der Waals surface area contributed by atoms with Gasteiger partial charge in [-0.05, 0) is 30.9 Å². The van der Waals surface area contributed by atoms with Gasteiger partial charge in [-0.25, -0.2) is 4.68 Å². The minimum absolute atomic E-state index is 0.0278. The molecule has 0 radical (unpaired) electrons. The van der Waals surface area contributed by atoms with E-state index in [9.17, 15) is 29.7 Å². The first-order valence-corrected chi connectivity index (χ1v) is 13.1. The zero-order chi connectivity index (χ0) is 24.7. The number of rotatable bonds is 9. The number of halogens is 1. The molecule has 190 valence electrons. The SMILES string of the molecule is CCC(CO)(OC[C@H]1O[C@@H](n2ncc3c(NC4CCCC4)nc(Cl)nc32)[C@H](O)[C@@H]1O)P(=O)(O)O. The Morgan fingerprint density at radius 2 is 2.00 bits per heavy atom. The molecule has 3 heterocycles. The fraction of sp³-hybridized carbons (Fsp3) is 0.737. The van der Waals surface area contributed by atoms with E-state index < -0.39 is 50.7 Å². The molecular formula is C19H29ClN5O8P. The van der Waals surface area contributed by atoms with Crippen LogP contribution in [0.25, 0.3) is 11.0 Å². The number of nitrogens with one attached hydrogen (secondary N) is 1. The van der Waals surface area contributed by atoms with Gasteiger partial charge < -0.3 is 39.9 Å². The summed E-state index contributed by atoms with van der Waals surface area (Å²) in [5, 5.41) is 36.8. The molecule has 2 aliphatic rings. The number of hydrogen-bond donors (Lipinski definition) is 6. The molecule has 13 nitrogen and oxygen atoms in total. The van der Waals surface area contributed by atoms with E-state index in [0.717, 1.165) is 25.7 Å². The maximum absolute atomic E-state index is 11.9. The molecule has 6 N–H and O–H groups in total. The summed E-state index contributed by atoms with van der Waals surface area (Å²) in [5.41, 5.74) is 0.284. The van der Waals surface area contributed by atoms with Crippen molar-refractivity contribution in [2.24, 2.45) is 0 Å². The van der Waals surface area contributed by atoms with Gasteiger partial charge in [-0.3, -0.25) is 4.57 Å². The summed E-state index contributed by atoms with van der Waals surface area (Å²) < 4.78 is 24.3. The molecule has 1 saturated carbocycles. The molecule has 1 aliphatic heterocycles. The predicted molar refractivity (Wildman–Crippen MR) is 120 cm³/mol. The van der Waals surface area contributed by atoms with Gasteiger partial charge in [0, 0.05) is 6.04 Å². The molecule has 1 unspecified atom stereocenters. The van der Waals surface area contributed by atoms with E-state index in [-0.39, 0.29) is 23.4 Å². The third-order valence-corrected chi connectivity index (χ3v) is 8.36. The Morgan fingerprint density at radius 1 is 1.29 bits per heavy atom. The van der Waals surface area contributed by atoms with Gasteiger partial charge in [0.1, 0.15) is 24.1 Å². The standard InChI is InChI=1S/C19H29ClN5O8P/c1-2-19(9-26,34(29,30)31)32-8-12-13(27)14(28)17(33-12)25-16-11(7-21-25)15(23-18(20)24-16)22-10-5-3-4-6-10/h7,10,12-14,17,26-28H,2-6,8-9H2,1H3,(H,22,23,24)(H2,29,30,31)/t12-,13-,14-,17-,19?/m1/s1. The second-order valence-corrected chi connectivity index (χ2v) is 10.9. The quantitative estimate of drug-likeness (QED) is 0.200. The minimum Gasteiger partial charge on any atom is -0.393 e. The summed E-state index contributed by atoms with van der Waals surface area (Å²) in [6.45, 7) is 0.0334. The topological polar surface area (TPSA) is 192 Å². The smallest absolute Gasteiger partial charge is 0.359 e. The van der Waals surface area contributed by atoms with Gasteiger partial charge in [0.05, 0.1) is 24.8 Å². The van der Waals surface area contributed by atoms with E-state index >= 15 is 0 Å². The van der Waals surface area contributed by atoms with E-state index in [0.29, 0.717) is 11.2 Å². The molecule has 2 fully saturated rings. The molecule has 1 saturated heterocycles.